The lowest BCUT2D eigenvalue weighted by Crippen LogP contribution is -2.09. The molecule has 1 aliphatic heterocycles. The zero-order valence-corrected chi connectivity index (χ0v) is 7.77. The Labute approximate surface area is 72.3 Å². The van der Waals surface area contributed by atoms with E-state index in [2.05, 4.69) is 6.92 Å². The fourth-order valence-electron chi connectivity index (χ4n) is 1.07. The van der Waals surface area contributed by atoms with Gasteiger partial charge in [-0.05, 0) is 18.1 Å². The van der Waals surface area contributed by atoms with Crippen molar-refractivity contribution >= 4 is 11.8 Å². The summed E-state index contributed by atoms with van der Waals surface area (Å²) in [5.74, 6) is 1.87. The molecular weight excluding hydrogens is 160 g/mol. The van der Waals surface area contributed by atoms with E-state index in [1.54, 1.807) is 0 Å². The molecule has 2 unspecified atom stereocenters. The molecule has 66 valence electrons. The van der Waals surface area contributed by atoms with Crippen LogP contribution >= 0.6 is 11.8 Å². The second-order valence-electron chi connectivity index (χ2n) is 3.06. The summed E-state index contributed by atoms with van der Waals surface area (Å²) in [7, 11) is 0. The maximum atomic E-state index is 8.76. The van der Waals surface area contributed by atoms with Gasteiger partial charge in [0.05, 0.1) is 13.2 Å². The van der Waals surface area contributed by atoms with Crippen LogP contribution in [-0.2, 0) is 4.74 Å². The van der Waals surface area contributed by atoms with E-state index >= 15 is 0 Å². The van der Waals surface area contributed by atoms with Gasteiger partial charge < -0.3 is 9.84 Å². The van der Waals surface area contributed by atoms with Gasteiger partial charge in [-0.25, -0.2) is 0 Å². The molecule has 1 N–H and O–H groups in total. The lowest BCUT2D eigenvalue weighted by molar-refractivity contribution is 0.189. The quantitative estimate of drug-likeness (QED) is 0.696. The van der Waals surface area contributed by atoms with Crippen molar-refractivity contribution in [3.63, 3.8) is 0 Å². The third-order valence-electron chi connectivity index (χ3n) is 1.90. The van der Waals surface area contributed by atoms with E-state index < -0.39 is 0 Å². The molecule has 2 atom stereocenters. The molecule has 1 aliphatic rings. The number of aliphatic hydroxyl groups is 1. The molecule has 0 radical (unpaired) electrons. The lowest BCUT2D eigenvalue weighted by atomic mass is 10.2. The maximum Gasteiger partial charge on any atom is 0.0547 e. The van der Waals surface area contributed by atoms with Gasteiger partial charge >= 0.3 is 0 Å². The van der Waals surface area contributed by atoms with Crippen molar-refractivity contribution in [2.24, 2.45) is 5.92 Å². The summed E-state index contributed by atoms with van der Waals surface area (Å²) < 4.78 is 5.25. The minimum Gasteiger partial charge on any atom is -0.395 e. The molecule has 0 aromatic heterocycles. The molecule has 2 nitrogen and oxygen atoms in total. The van der Waals surface area contributed by atoms with Crippen molar-refractivity contribution < 1.29 is 9.84 Å². The van der Waals surface area contributed by atoms with Crippen LogP contribution in [0.25, 0.3) is 0 Å². The van der Waals surface area contributed by atoms with Gasteiger partial charge in [0, 0.05) is 11.9 Å². The minimum absolute atomic E-state index is 0.290. The Bertz CT molecular complexity index is 102. The maximum absolute atomic E-state index is 8.76. The molecule has 1 heterocycles. The van der Waals surface area contributed by atoms with Gasteiger partial charge in [0.1, 0.15) is 0 Å². The summed E-state index contributed by atoms with van der Waals surface area (Å²) in [5, 5.41) is 9.14. The van der Waals surface area contributed by atoms with Crippen LogP contribution < -0.4 is 0 Å². The predicted octanol–water partition coefficient (Wildman–Crippen LogP) is 1.14. The second kappa shape index (κ2) is 5.01. The zero-order chi connectivity index (χ0) is 8.10. The number of thioether (sulfide) groups is 1. The molecule has 0 bridgehead atoms. The monoisotopic (exact) mass is 176 g/mol. The van der Waals surface area contributed by atoms with E-state index in [1.165, 1.54) is 6.42 Å². The first kappa shape index (κ1) is 9.36. The summed E-state index contributed by atoms with van der Waals surface area (Å²) in [6.07, 6.45) is 1.20. The third-order valence-corrected chi connectivity index (χ3v) is 3.28. The number of aliphatic hydroxyl groups excluding tert-OH is 1. The van der Waals surface area contributed by atoms with Gasteiger partial charge in [0.2, 0.25) is 0 Å². The summed E-state index contributed by atoms with van der Waals surface area (Å²) in [4.78, 5) is 0. The predicted molar refractivity (Wildman–Crippen MR) is 47.9 cm³/mol. The van der Waals surface area contributed by atoms with Crippen LogP contribution in [0.4, 0.5) is 0 Å². The molecule has 1 saturated heterocycles. The average Bonchev–Trinajstić information content (AvgIpc) is 2.52. The van der Waals surface area contributed by atoms with Gasteiger partial charge in [0.15, 0.2) is 0 Å². The van der Waals surface area contributed by atoms with Crippen LogP contribution in [0.1, 0.15) is 13.3 Å². The van der Waals surface area contributed by atoms with E-state index in [-0.39, 0.29) is 6.61 Å². The van der Waals surface area contributed by atoms with Crippen molar-refractivity contribution in [2.75, 3.05) is 25.6 Å². The van der Waals surface area contributed by atoms with E-state index in [4.69, 9.17) is 9.84 Å². The molecule has 0 saturated carbocycles. The van der Waals surface area contributed by atoms with Crippen molar-refractivity contribution in [1.82, 2.24) is 0 Å². The summed E-state index contributed by atoms with van der Waals surface area (Å²) in [6, 6.07) is 0. The SMILES string of the molecule is CC(CO)SCC1CCOC1. The Morgan fingerprint density at radius 3 is 3.09 bits per heavy atom. The highest BCUT2D eigenvalue weighted by atomic mass is 32.2. The molecule has 11 heavy (non-hydrogen) atoms. The van der Waals surface area contributed by atoms with Crippen LogP contribution in [0.3, 0.4) is 0 Å². The lowest BCUT2D eigenvalue weighted by Gasteiger charge is -2.10. The number of rotatable bonds is 4. The van der Waals surface area contributed by atoms with Crippen molar-refractivity contribution in [1.29, 1.82) is 0 Å². The Balaban J connectivity index is 2.01. The number of ether oxygens (including phenoxy) is 1. The van der Waals surface area contributed by atoms with Gasteiger partial charge in [0.25, 0.3) is 0 Å². The molecule has 0 aliphatic carbocycles. The van der Waals surface area contributed by atoms with Gasteiger partial charge in [-0.2, -0.15) is 11.8 Å². The Morgan fingerprint density at radius 2 is 2.55 bits per heavy atom. The van der Waals surface area contributed by atoms with E-state index in [1.807, 2.05) is 11.8 Å². The fourth-order valence-corrected chi connectivity index (χ4v) is 2.04. The molecule has 3 heteroatoms. The van der Waals surface area contributed by atoms with Gasteiger partial charge in [-0.15, -0.1) is 0 Å². The van der Waals surface area contributed by atoms with Crippen molar-refractivity contribution in [2.45, 2.75) is 18.6 Å². The molecular formula is C8H16O2S. The first-order valence-corrected chi connectivity index (χ1v) is 5.18. The van der Waals surface area contributed by atoms with E-state index in [0.717, 1.165) is 24.9 Å². The van der Waals surface area contributed by atoms with Crippen LogP contribution in [0.2, 0.25) is 0 Å². The Kier molecular flexibility index (Phi) is 4.26. The Hall–Kier alpha value is 0.270. The van der Waals surface area contributed by atoms with Crippen LogP contribution in [0, 0.1) is 5.92 Å². The number of hydrogen-bond donors (Lipinski definition) is 1. The molecule has 0 aromatic rings. The molecule has 0 spiro atoms. The summed E-state index contributed by atoms with van der Waals surface area (Å²) in [6.45, 7) is 4.20. The first-order valence-electron chi connectivity index (χ1n) is 4.13. The van der Waals surface area contributed by atoms with Gasteiger partial charge in [-0.3, -0.25) is 0 Å². The molecule has 0 amide bonds. The van der Waals surface area contributed by atoms with Crippen LogP contribution in [-0.4, -0.2) is 35.9 Å². The van der Waals surface area contributed by atoms with Crippen molar-refractivity contribution in [3.8, 4) is 0 Å². The topological polar surface area (TPSA) is 29.5 Å². The summed E-state index contributed by atoms with van der Waals surface area (Å²) >= 11 is 1.84. The largest absolute Gasteiger partial charge is 0.395 e. The average molecular weight is 176 g/mol. The first-order chi connectivity index (χ1) is 5.33. The van der Waals surface area contributed by atoms with Crippen LogP contribution in [0.15, 0.2) is 0 Å². The smallest absolute Gasteiger partial charge is 0.0547 e. The fraction of sp³-hybridized carbons (Fsp3) is 1.00. The third kappa shape index (κ3) is 3.45. The Morgan fingerprint density at radius 1 is 1.73 bits per heavy atom. The summed E-state index contributed by atoms with van der Waals surface area (Å²) in [5.41, 5.74) is 0. The molecule has 1 fully saturated rings. The zero-order valence-electron chi connectivity index (χ0n) is 6.95. The number of hydrogen-bond acceptors (Lipinski definition) is 3. The van der Waals surface area contributed by atoms with E-state index in [0.29, 0.717) is 5.25 Å². The van der Waals surface area contributed by atoms with Crippen molar-refractivity contribution in [3.05, 3.63) is 0 Å². The van der Waals surface area contributed by atoms with E-state index in [9.17, 15) is 0 Å². The highest BCUT2D eigenvalue weighted by Crippen LogP contribution is 2.20. The molecule has 0 aromatic carbocycles. The minimum atomic E-state index is 0.290. The normalized spacial score (nSPS) is 27.3. The standard InChI is InChI=1S/C8H16O2S/c1-7(4-9)11-6-8-2-3-10-5-8/h7-9H,2-6H2,1H3. The molecule has 1 rings (SSSR count). The highest BCUT2D eigenvalue weighted by Gasteiger charge is 2.16. The van der Waals surface area contributed by atoms with Gasteiger partial charge in [-0.1, -0.05) is 6.92 Å². The highest BCUT2D eigenvalue weighted by molar-refractivity contribution is 7.99. The van der Waals surface area contributed by atoms with Crippen LogP contribution in [0.5, 0.6) is 0 Å². The second-order valence-corrected chi connectivity index (χ2v) is 4.53.